The predicted molar refractivity (Wildman–Crippen MR) is 99.3 cm³/mol. The lowest BCUT2D eigenvalue weighted by Gasteiger charge is -2.13. The van der Waals surface area contributed by atoms with Gasteiger partial charge in [0.1, 0.15) is 0 Å². The third-order valence-electron chi connectivity index (χ3n) is 4.13. The SMILES string of the molecule is Nc1cc(CO)ccc1Nc1cccc2nc3ccccc3cc12. The maximum absolute atomic E-state index is 9.20. The highest BCUT2D eigenvalue weighted by Crippen LogP contribution is 2.30. The number of nitrogen functional groups attached to an aromatic ring is 1. The van der Waals surface area contributed by atoms with Gasteiger partial charge in [0.15, 0.2) is 0 Å². The Balaban J connectivity index is 1.83. The average molecular weight is 315 g/mol. The molecule has 4 nitrogen and oxygen atoms in total. The molecule has 0 aliphatic carbocycles. The van der Waals surface area contributed by atoms with Crippen molar-refractivity contribution in [2.45, 2.75) is 6.61 Å². The van der Waals surface area contributed by atoms with Crippen molar-refractivity contribution >= 4 is 38.9 Å². The molecule has 0 aliphatic rings. The quantitative estimate of drug-likeness (QED) is 0.391. The Labute approximate surface area is 139 Å². The van der Waals surface area contributed by atoms with Crippen LogP contribution in [0.15, 0.2) is 66.7 Å². The van der Waals surface area contributed by atoms with Crippen molar-refractivity contribution < 1.29 is 5.11 Å². The number of para-hydroxylation sites is 1. The number of fused-ring (bicyclic) bond motifs is 2. The molecule has 24 heavy (non-hydrogen) atoms. The van der Waals surface area contributed by atoms with E-state index in [-0.39, 0.29) is 6.61 Å². The van der Waals surface area contributed by atoms with Crippen LogP contribution < -0.4 is 11.1 Å². The molecule has 3 aromatic carbocycles. The number of nitrogens with zero attached hydrogens (tertiary/aromatic N) is 1. The lowest BCUT2D eigenvalue weighted by atomic mass is 10.1. The van der Waals surface area contributed by atoms with Crippen molar-refractivity contribution in [1.82, 2.24) is 4.98 Å². The lowest BCUT2D eigenvalue weighted by Crippen LogP contribution is -1.98. The van der Waals surface area contributed by atoms with Gasteiger partial charge in [0.25, 0.3) is 0 Å². The van der Waals surface area contributed by atoms with Gasteiger partial charge in [0.05, 0.1) is 29.0 Å². The fourth-order valence-corrected chi connectivity index (χ4v) is 2.88. The number of nitrogens with one attached hydrogen (secondary N) is 1. The normalized spacial score (nSPS) is 11.0. The highest BCUT2D eigenvalue weighted by atomic mass is 16.3. The van der Waals surface area contributed by atoms with Gasteiger partial charge < -0.3 is 16.2 Å². The summed E-state index contributed by atoms with van der Waals surface area (Å²) in [7, 11) is 0. The van der Waals surface area contributed by atoms with E-state index in [9.17, 15) is 5.11 Å². The Hall–Kier alpha value is -3.11. The Morgan fingerprint density at radius 2 is 1.71 bits per heavy atom. The van der Waals surface area contributed by atoms with E-state index in [0.717, 1.165) is 38.7 Å². The first-order valence-electron chi connectivity index (χ1n) is 7.79. The average Bonchev–Trinajstić information content (AvgIpc) is 2.62. The zero-order chi connectivity index (χ0) is 16.5. The number of hydrogen-bond acceptors (Lipinski definition) is 4. The number of rotatable bonds is 3. The molecule has 0 aliphatic heterocycles. The molecular formula is C20H17N3O. The standard InChI is InChI=1S/C20H17N3O/c21-16-10-13(12-24)8-9-20(16)23-19-7-3-6-18-15(19)11-14-4-1-2-5-17(14)22-18/h1-11,23-24H,12,21H2. The first kappa shape index (κ1) is 14.5. The van der Waals surface area contributed by atoms with Gasteiger partial charge in [-0.25, -0.2) is 4.98 Å². The van der Waals surface area contributed by atoms with Gasteiger partial charge in [-0.05, 0) is 42.0 Å². The van der Waals surface area contributed by atoms with Gasteiger partial charge in [-0.1, -0.05) is 30.3 Å². The molecule has 1 aromatic heterocycles. The van der Waals surface area contributed by atoms with E-state index in [2.05, 4.69) is 17.4 Å². The monoisotopic (exact) mass is 315 g/mol. The molecule has 4 heteroatoms. The summed E-state index contributed by atoms with van der Waals surface area (Å²) in [6, 6.07) is 21.7. The van der Waals surface area contributed by atoms with Crippen LogP contribution in [0, 0.1) is 0 Å². The molecule has 0 saturated carbocycles. The highest BCUT2D eigenvalue weighted by Gasteiger charge is 2.07. The molecule has 0 atom stereocenters. The van der Waals surface area contributed by atoms with E-state index in [4.69, 9.17) is 10.7 Å². The summed E-state index contributed by atoms with van der Waals surface area (Å²) in [4.78, 5) is 4.73. The number of aromatic nitrogens is 1. The summed E-state index contributed by atoms with van der Waals surface area (Å²) in [6.07, 6.45) is 0. The molecule has 0 spiro atoms. The number of hydrogen-bond donors (Lipinski definition) is 3. The van der Waals surface area contributed by atoms with Gasteiger partial charge in [-0.2, -0.15) is 0 Å². The van der Waals surface area contributed by atoms with Gasteiger partial charge in [0.2, 0.25) is 0 Å². The minimum absolute atomic E-state index is 0.0192. The highest BCUT2D eigenvalue weighted by molar-refractivity contribution is 6.00. The van der Waals surface area contributed by atoms with E-state index >= 15 is 0 Å². The van der Waals surface area contributed by atoms with Crippen LogP contribution in [-0.4, -0.2) is 10.1 Å². The van der Waals surface area contributed by atoms with Crippen molar-refractivity contribution in [1.29, 1.82) is 0 Å². The molecule has 118 valence electrons. The van der Waals surface area contributed by atoms with Gasteiger partial charge in [-0.3, -0.25) is 0 Å². The van der Waals surface area contributed by atoms with E-state index in [1.165, 1.54) is 0 Å². The second-order valence-electron chi connectivity index (χ2n) is 5.76. The summed E-state index contributed by atoms with van der Waals surface area (Å²) in [6.45, 7) is -0.0192. The third kappa shape index (κ3) is 2.53. The molecular weight excluding hydrogens is 298 g/mol. The third-order valence-corrected chi connectivity index (χ3v) is 4.13. The molecule has 0 bridgehead atoms. The lowest BCUT2D eigenvalue weighted by molar-refractivity contribution is 0.282. The molecule has 0 unspecified atom stereocenters. The molecule has 4 rings (SSSR count). The van der Waals surface area contributed by atoms with Crippen LogP contribution in [0.1, 0.15) is 5.56 Å². The number of benzene rings is 3. The van der Waals surface area contributed by atoms with Crippen LogP contribution in [0.4, 0.5) is 17.1 Å². The van der Waals surface area contributed by atoms with Gasteiger partial charge >= 0.3 is 0 Å². The smallest absolute Gasteiger partial charge is 0.0730 e. The number of anilines is 3. The Kier molecular flexibility index (Phi) is 3.52. The van der Waals surface area contributed by atoms with Crippen LogP contribution in [0.25, 0.3) is 21.8 Å². The maximum Gasteiger partial charge on any atom is 0.0730 e. The Morgan fingerprint density at radius 3 is 2.54 bits per heavy atom. The topological polar surface area (TPSA) is 71.2 Å². The molecule has 1 heterocycles. The second kappa shape index (κ2) is 5.83. The molecule has 0 amide bonds. The van der Waals surface area contributed by atoms with Crippen LogP contribution in [0.2, 0.25) is 0 Å². The van der Waals surface area contributed by atoms with Crippen LogP contribution >= 0.6 is 0 Å². The van der Waals surface area contributed by atoms with Gasteiger partial charge in [-0.15, -0.1) is 0 Å². The van der Waals surface area contributed by atoms with Crippen molar-refractivity contribution in [2.24, 2.45) is 0 Å². The van der Waals surface area contributed by atoms with Crippen molar-refractivity contribution in [2.75, 3.05) is 11.1 Å². The molecule has 0 radical (unpaired) electrons. The first-order valence-corrected chi connectivity index (χ1v) is 7.79. The first-order chi connectivity index (χ1) is 11.7. The molecule has 0 fully saturated rings. The Morgan fingerprint density at radius 1 is 0.875 bits per heavy atom. The van der Waals surface area contributed by atoms with Crippen molar-refractivity contribution in [3.05, 3.63) is 72.3 Å². The number of pyridine rings is 1. The van der Waals surface area contributed by atoms with Crippen LogP contribution in [-0.2, 0) is 6.61 Å². The van der Waals surface area contributed by atoms with E-state index in [1.807, 2.05) is 48.5 Å². The molecule has 4 aromatic rings. The van der Waals surface area contributed by atoms with E-state index in [1.54, 1.807) is 6.07 Å². The minimum Gasteiger partial charge on any atom is -0.397 e. The van der Waals surface area contributed by atoms with Crippen molar-refractivity contribution in [3.63, 3.8) is 0 Å². The Bertz CT molecular complexity index is 1040. The number of aliphatic hydroxyl groups is 1. The number of aliphatic hydroxyl groups excluding tert-OH is 1. The number of nitrogens with two attached hydrogens (primary N) is 1. The predicted octanol–water partition coefficient (Wildman–Crippen LogP) is 4.21. The minimum atomic E-state index is -0.0192. The second-order valence-corrected chi connectivity index (χ2v) is 5.76. The van der Waals surface area contributed by atoms with Gasteiger partial charge in [0, 0.05) is 16.5 Å². The summed E-state index contributed by atoms with van der Waals surface area (Å²) >= 11 is 0. The van der Waals surface area contributed by atoms with Crippen molar-refractivity contribution in [3.8, 4) is 0 Å². The summed E-state index contributed by atoms with van der Waals surface area (Å²) in [5.41, 5.74) is 11.2. The molecule has 0 saturated heterocycles. The molecule has 4 N–H and O–H groups in total. The maximum atomic E-state index is 9.20. The fraction of sp³-hybridized carbons (Fsp3) is 0.0500. The zero-order valence-electron chi connectivity index (χ0n) is 13.0. The largest absolute Gasteiger partial charge is 0.397 e. The van der Waals surface area contributed by atoms with E-state index in [0.29, 0.717) is 5.69 Å². The van der Waals surface area contributed by atoms with Crippen LogP contribution in [0.3, 0.4) is 0 Å². The summed E-state index contributed by atoms with van der Waals surface area (Å²) in [5.74, 6) is 0. The fourth-order valence-electron chi connectivity index (χ4n) is 2.88. The zero-order valence-corrected chi connectivity index (χ0v) is 13.0. The van der Waals surface area contributed by atoms with Crippen LogP contribution in [0.5, 0.6) is 0 Å². The van der Waals surface area contributed by atoms with E-state index < -0.39 is 0 Å². The summed E-state index contributed by atoms with van der Waals surface area (Å²) < 4.78 is 0. The summed E-state index contributed by atoms with van der Waals surface area (Å²) in [5, 5.41) is 14.7.